The largest absolute Gasteiger partial charge is 0.369 e. The van der Waals surface area contributed by atoms with Gasteiger partial charge in [0.15, 0.2) is 0 Å². The summed E-state index contributed by atoms with van der Waals surface area (Å²) in [5.41, 5.74) is 4.00. The highest BCUT2D eigenvalue weighted by atomic mass is 15.1. The molecule has 0 aliphatic heterocycles. The van der Waals surface area contributed by atoms with E-state index in [-0.39, 0.29) is 0 Å². The quantitative estimate of drug-likeness (QED) is 0.521. The molecule has 0 bridgehead atoms. The molecule has 1 heteroatoms. The van der Waals surface area contributed by atoms with E-state index in [1.54, 1.807) is 0 Å². The first-order valence-corrected chi connectivity index (χ1v) is 3.37. The van der Waals surface area contributed by atoms with Crippen molar-refractivity contribution in [3.8, 4) is 0 Å². The summed E-state index contributed by atoms with van der Waals surface area (Å²) in [6.07, 6.45) is 0. The van der Waals surface area contributed by atoms with Gasteiger partial charge in [0.25, 0.3) is 0 Å². The van der Waals surface area contributed by atoms with Gasteiger partial charge in [0.05, 0.1) is 5.70 Å². The molecule has 0 fully saturated rings. The molecule has 0 saturated carbocycles. The Hall–Kier alpha value is -0.680. The summed E-state index contributed by atoms with van der Waals surface area (Å²) in [5.74, 6) is 0. The Labute approximate surface area is 57.7 Å². The van der Waals surface area contributed by atoms with Crippen molar-refractivity contribution in [2.75, 3.05) is 13.1 Å². The first kappa shape index (κ1) is 8.32. The summed E-state index contributed by atoms with van der Waals surface area (Å²) >= 11 is 0. The van der Waals surface area contributed by atoms with Crippen molar-refractivity contribution in [1.82, 2.24) is 4.90 Å². The van der Waals surface area contributed by atoms with Gasteiger partial charge in [0.2, 0.25) is 0 Å². The van der Waals surface area contributed by atoms with Crippen LogP contribution in [0.15, 0.2) is 18.0 Å². The van der Waals surface area contributed by atoms with Gasteiger partial charge in [-0.05, 0) is 20.8 Å². The van der Waals surface area contributed by atoms with Crippen molar-refractivity contribution in [3.63, 3.8) is 0 Å². The van der Waals surface area contributed by atoms with Crippen LogP contribution in [0.25, 0.3) is 0 Å². The first-order valence-electron chi connectivity index (χ1n) is 3.37. The molecule has 0 aliphatic rings. The second-order valence-electron chi connectivity index (χ2n) is 1.93. The fourth-order valence-corrected chi connectivity index (χ4v) is 0.810. The molecule has 0 aromatic rings. The molecule has 0 saturated heterocycles. The summed E-state index contributed by atoms with van der Waals surface area (Å²) in [7, 11) is 0. The molecule has 0 N–H and O–H groups in total. The zero-order chi connectivity index (χ0) is 7.28. The number of allylic oxidation sites excluding steroid dienone is 1. The van der Waals surface area contributed by atoms with Gasteiger partial charge >= 0.3 is 0 Å². The van der Waals surface area contributed by atoms with Crippen LogP contribution in [0.5, 0.6) is 0 Å². The van der Waals surface area contributed by atoms with Crippen molar-refractivity contribution in [2.24, 2.45) is 0 Å². The molecule has 0 radical (unpaired) electrons. The van der Waals surface area contributed by atoms with Gasteiger partial charge in [0.1, 0.15) is 0 Å². The molecule has 0 spiro atoms. The van der Waals surface area contributed by atoms with Crippen LogP contribution < -0.4 is 0 Å². The molecule has 52 valence electrons. The highest BCUT2D eigenvalue weighted by Gasteiger charge is 1.95. The number of nitrogens with zero attached hydrogens (tertiary/aromatic N) is 1. The minimum absolute atomic E-state index is 1.05. The van der Waals surface area contributed by atoms with Crippen LogP contribution in [0.3, 0.4) is 0 Å². The van der Waals surface area contributed by atoms with Crippen LogP contribution in [0.4, 0.5) is 0 Å². The van der Waals surface area contributed by atoms with Crippen LogP contribution in [0, 0.1) is 0 Å². The smallest absolute Gasteiger partial charge is 0.0526 e. The molecule has 0 atom stereocenters. The molecule has 0 rings (SSSR count). The maximum atomic E-state index is 3.57. The third-order valence-electron chi connectivity index (χ3n) is 1.49. The Balaban J connectivity index is 3.95. The monoisotopic (exact) mass is 125 g/mol. The lowest BCUT2D eigenvalue weighted by Crippen LogP contribution is -2.19. The molecular weight excluding hydrogens is 110 g/mol. The summed E-state index contributed by atoms with van der Waals surface area (Å²) in [6, 6.07) is 0. The van der Waals surface area contributed by atoms with Gasteiger partial charge in [-0.25, -0.2) is 0 Å². The van der Waals surface area contributed by atoms with E-state index in [0.29, 0.717) is 0 Å². The predicted octanol–water partition coefficient (Wildman–Crippen LogP) is 2.02. The van der Waals surface area contributed by atoms with Gasteiger partial charge in [0, 0.05) is 13.1 Å². The van der Waals surface area contributed by atoms with Gasteiger partial charge in [-0.2, -0.15) is 0 Å². The Morgan fingerprint density at radius 1 is 1.44 bits per heavy atom. The summed E-state index contributed by atoms with van der Waals surface area (Å²) in [5, 5.41) is 0. The van der Waals surface area contributed by atoms with Crippen LogP contribution in [0.2, 0.25) is 0 Å². The highest BCUT2D eigenvalue weighted by molar-refractivity contribution is 4.92. The third-order valence-corrected chi connectivity index (χ3v) is 1.49. The van der Waals surface area contributed by atoms with E-state index in [2.05, 4.69) is 31.1 Å². The van der Waals surface area contributed by atoms with Gasteiger partial charge < -0.3 is 4.90 Å². The van der Waals surface area contributed by atoms with Crippen LogP contribution in [-0.4, -0.2) is 18.0 Å². The minimum atomic E-state index is 1.05. The zero-order valence-electron chi connectivity index (χ0n) is 6.57. The number of hydrogen-bond acceptors (Lipinski definition) is 1. The van der Waals surface area contributed by atoms with E-state index in [4.69, 9.17) is 0 Å². The molecule has 0 aromatic heterocycles. The van der Waals surface area contributed by atoms with Crippen molar-refractivity contribution >= 4 is 0 Å². The van der Waals surface area contributed by atoms with Crippen molar-refractivity contribution < 1.29 is 0 Å². The average molecular weight is 125 g/mol. The Morgan fingerprint density at radius 3 is 2.00 bits per heavy atom. The Morgan fingerprint density at radius 2 is 1.89 bits per heavy atom. The lowest BCUT2D eigenvalue weighted by Gasteiger charge is -2.19. The molecule has 9 heavy (non-hydrogen) atoms. The fraction of sp³-hybridized carbons (Fsp3) is 0.625. The van der Waals surface area contributed by atoms with E-state index in [0.717, 1.165) is 18.8 Å². The number of hydrogen-bond donors (Lipinski definition) is 0. The lowest BCUT2D eigenvalue weighted by atomic mass is 10.4. The Bertz CT molecular complexity index is 117. The third kappa shape index (κ3) is 2.39. The highest BCUT2D eigenvalue weighted by Crippen LogP contribution is 1.97. The molecular formula is C8H15N. The topological polar surface area (TPSA) is 3.24 Å². The molecule has 1 nitrogen and oxygen atoms in total. The first-order chi connectivity index (χ1) is 4.26. The maximum absolute atomic E-state index is 3.57. The van der Waals surface area contributed by atoms with Crippen molar-refractivity contribution in [3.05, 3.63) is 18.0 Å². The summed E-state index contributed by atoms with van der Waals surface area (Å²) in [4.78, 5) is 2.22. The predicted molar refractivity (Wildman–Crippen MR) is 41.2 cm³/mol. The normalized spacial score (nSPS) is 8.33. The SMILES string of the molecule is C=C=C(C)N(CC)CC. The van der Waals surface area contributed by atoms with Gasteiger partial charge in [-0.3, -0.25) is 0 Å². The lowest BCUT2D eigenvalue weighted by molar-refractivity contribution is 0.384. The molecule has 0 aliphatic carbocycles. The van der Waals surface area contributed by atoms with E-state index in [1.165, 1.54) is 0 Å². The second kappa shape index (κ2) is 4.22. The molecule has 0 unspecified atom stereocenters. The summed E-state index contributed by atoms with van der Waals surface area (Å²) in [6.45, 7) is 12.0. The van der Waals surface area contributed by atoms with Crippen molar-refractivity contribution in [1.29, 1.82) is 0 Å². The van der Waals surface area contributed by atoms with Crippen LogP contribution in [0.1, 0.15) is 20.8 Å². The molecule has 0 amide bonds. The van der Waals surface area contributed by atoms with E-state index < -0.39 is 0 Å². The van der Waals surface area contributed by atoms with Gasteiger partial charge in [-0.15, -0.1) is 5.73 Å². The average Bonchev–Trinajstić information content (AvgIpc) is 1.90. The van der Waals surface area contributed by atoms with Gasteiger partial charge in [-0.1, -0.05) is 6.58 Å². The Kier molecular flexibility index (Phi) is 3.90. The summed E-state index contributed by atoms with van der Waals surface area (Å²) < 4.78 is 0. The maximum Gasteiger partial charge on any atom is 0.0526 e. The fourth-order valence-electron chi connectivity index (χ4n) is 0.810. The van der Waals surface area contributed by atoms with Crippen LogP contribution >= 0.6 is 0 Å². The van der Waals surface area contributed by atoms with E-state index >= 15 is 0 Å². The molecule has 0 heterocycles. The van der Waals surface area contributed by atoms with Crippen LogP contribution in [-0.2, 0) is 0 Å². The zero-order valence-corrected chi connectivity index (χ0v) is 6.57. The second-order valence-corrected chi connectivity index (χ2v) is 1.93. The van der Waals surface area contributed by atoms with E-state index in [1.807, 2.05) is 6.92 Å². The van der Waals surface area contributed by atoms with E-state index in [9.17, 15) is 0 Å². The minimum Gasteiger partial charge on any atom is -0.369 e. The number of rotatable bonds is 3. The van der Waals surface area contributed by atoms with Crippen molar-refractivity contribution in [2.45, 2.75) is 20.8 Å². The standard InChI is InChI=1S/C8H15N/c1-5-8(4)9(6-2)7-3/h1,6-7H2,2-4H3. The molecule has 0 aromatic carbocycles.